The van der Waals surface area contributed by atoms with Crippen molar-refractivity contribution in [1.82, 2.24) is 9.88 Å². The Morgan fingerprint density at radius 3 is 2.59 bits per heavy atom. The number of likely N-dealkylation sites (tertiary alicyclic amines) is 1. The number of amides is 2. The standard InChI is InChI=1S/C30H29F2N3O2S2/c1-30(31,32)22-7-4-6-21(18-22)24-9-2-3-10-25(24)33-28(37)26-19-39-29(34-26)20-13-15-35(16-14-20)27(36)12-11-23-8-5-17-38-23/h2-10,17-20H,11-16H2,1H3,(H,33,37). The molecule has 9 heteroatoms. The minimum Gasteiger partial charge on any atom is -0.343 e. The number of nitrogens with zero attached hydrogens (tertiary/aromatic N) is 2. The smallest absolute Gasteiger partial charge is 0.275 e. The summed E-state index contributed by atoms with van der Waals surface area (Å²) in [7, 11) is 0. The molecule has 2 aromatic carbocycles. The van der Waals surface area contributed by atoms with Gasteiger partial charge >= 0.3 is 0 Å². The number of carbonyl (C=O) groups is 2. The topological polar surface area (TPSA) is 62.3 Å². The predicted molar refractivity (Wildman–Crippen MR) is 153 cm³/mol. The Bertz CT molecular complexity index is 1440. The van der Waals surface area contributed by atoms with Crippen molar-refractivity contribution in [2.24, 2.45) is 0 Å². The van der Waals surface area contributed by atoms with E-state index in [1.54, 1.807) is 47.0 Å². The Balaban J connectivity index is 1.20. The lowest BCUT2D eigenvalue weighted by Crippen LogP contribution is -2.38. The monoisotopic (exact) mass is 565 g/mol. The van der Waals surface area contributed by atoms with E-state index in [2.05, 4.69) is 16.4 Å². The number of hydrogen-bond acceptors (Lipinski definition) is 5. The average molecular weight is 566 g/mol. The van der Waals surface area contributed by atoms with Crippen LogP contribution < -0.4 is 5.32 Å². The number of nitrogens with one attached hydrogen (secondary N) is 1. The SMILES string of the molecule is CC(F)(F)c1cccc(-c2ccccc2NC(=O)c2csc(C3CCN(C(=O)CCc4cccs4)CC3)n2)c1. The van der Waals surface area contributed by atoms with Crippen LogP contribution in [0.25, 0.3) is 11.1 Å². The third kappa shape index (κ3) is 6.59. The number of para-hydroxylation sites is 1. The van der Waals surface area contributed by atoms with Gasteiger partial charge in [0, 0.05) is 59.4 Å². The Labute approximate surface area is 234 Å². The number of thiophene rings is 1. The van der Waals surface area contributed by atoms with Crippen molar-refractivity contribution in [3.05, 3.63) is 92.6 Å². The van der Waals surface area contributed by atoms with Gasteiger partial charge in [-0.1, -0.05) is 42.5 Å². The molecule has 5 nitrogen and oxygen atoms in total. The summed E-state index contributed by atoms with van der Waals surface area (Å²) in [6, 6.07) is 17.4. The number of hydrogen-bond donors (Lipinski definition) is 1. The third-order valence-electron chi connectivity index (χ3n) is 6.97. The molecule has 0 spiro atoms. The van der Waals surface area contributed by atoms with Gasteiger partial charge in [-0.3, -0.25) is 9.59 Å². The first-order valence-electron chi connectivity index (χ1n) is 12.9. The van der Waals surface area contributed by atoms with Crippen molar-refractivity contribution in [3.8, 4) is 11.1 Å². The van der Waals surface area contributed by atoms with Gasteiger partial charge in [-0.15, -0.1) is 22.7 Å². The van der Waals surface area contributed by atoms with Gasteiger partial charge in [0.2, 0.25) is 5.91 Å². The molecular formula is C30H29F2N3O2S2. The molecule has 1 N–H and O–H groups in total. The lowest BCUT2D eigenvalue weighted by atomic mass is 9.97. The number of aromatic nitrogens is 1. The summed E-state index contributed by atoms with van der Waals surface area (Å²) in [5, 5.41) is 7.60. The summed E-state index contributed by atoms with van der Waals surface area (Å²) < 4.78 is 27.8. The molecule has 2 aromatic heterocycles. The number of anilines is 1. The van der Waals surface area contributed by atoms with Crippen molar-refractivity contribution >= 4 is 40.2 Å². The number of rotatable bonds is 8. The molecule has 0 bridgehead atoms. The highest BCUT2D eigenvalue weighted by Crippen LogP contribution is 2.34. The van der Waals surface area contributed by atoms with Gasteiger partial charge in [0.05, 0.1) is 5.01 Å². The number of piperidine rings is 1. The van der Waals surface area contributed by atoms with E-state index in [1.165, 1.54) is 28.3 Å². The maximum Gasteiger partial charge on any atom is 0.275 e. The van der Waals surface area contributed by atoms with Gasteiger partial charge in [-0.2, -0.15) is 0 Å². The molecule has 1 fully saturated rings. The quantitative estimate of drug-likeness (QED) is 0.240. The molecule has 202 valence electrons. The second-order valence-corrected chi connectivity index (χ2v) is 11.7. The van der Waals surface area contributed by atoms with Crippen molar-refractivity contribution in [3.63, 3.8) is 0 Å². The van der Waals surface area contributed by atoms with E-state index in [0.29, 0.717) is 42.0 Å². The van der Waals surface area contributed by atoms with Crippen LogP contribution in [0.15, 0.2) is 71.4 Å². The minimum atomic E-state index is -2.96. The van der Waals surface area contributed by atoms with Crippen LogP contribution in [0, 0.1) is 0 Å². The number of alkyl halides is 2. The molecular weight excluding hydrogens is 536 g/mol. The Kier molecular flexibility index (Phi) is 8.18. The number of benzene rings is 2. The van der Waals surface area contributed by atoms with Crippen LogP contribution in [0.3, 0.4) is 0 Å². The summed E-state index contributed by atoms with van der Waals surface area (Å²) in [6.45, 7) is 2.25. The first-order valence-corrected chi connectivity index (χ1v) is 14.7. The zero-order chi connectivity index (χ0) is 27.4. The third-order valence-corrected chi connectivity index (χ3v) is 8.92. The summed E-state index contributed by atoms with van der Waals surface area (Å²) in [5.74, 6) is -2.90. The van der Waals surface area contributed by atoms with Crippen LogP contribution in [0.1, 0.15) is 58.0 Å². The Hall–Kier alpha value is -3.43. The van der Waals surface area contributed by atoms with Crippen molar-refractivity contribution < 1.29 is 18.4 Å². The molecule has 0 atom stereocenters. The largest absolute Gasteiger partial charge is 0.343 e. The van der Waals surface area contributed by atoms with Crippen LogP contribution in [0.2, 0.25) is 0 Å². The van der Waals surface area contributed by atoms with Crippen molar-refractivity contribution in [1.29, 1.82) is 0 Å². The van der Waals surface area contributed by atoms with E-state index >= 15 is 0 Å². The van der Waals surface area contributed by atoms with Gasteiger partial charge < -0.3 is 10.2 Å². The maximum absolute atomic E-state index is 13.9. The van der Waals surface area contributed by atoms with Crippen molar-refractivity contribution in [2.45, 2.75) is 44.4 Å². The Morgan fingerprint density at radius 2 is 1.85 bits per heavy atom. The highest BCUT2D eigenvalue weighted by molar-refractivity contribution is 7.10. The maximum atomic E-state index is 13.9. The lowest BCUT2D eigenvalue weighted by molar-refractivity contribution is -0.132. The highest BCUT2D eigenvalue weighted by Gasteiger charge is 2.27. The molecule has 0 radical (unpaired) electrons. The van der Waals surface area contributed by atoms with E-state index in [-0.39, 0.29) is 23.3 Å². The van der Waals surface area contributed by atoms with Gasteiger partial charge in [-0.25, -0.2) is 13.8 Å². The Morgan fingerprint density at radius 1 is 1.05 bits per heavy atom. The number of thiazole rings is 1. The zero-order valence-electron chi connectivity index (χ0n) is 21.5. The fourth-order valence-electron chi connectivity index (χ4n) is 4.79. The molecule has 5 rings (SSSR count). The number of halogens is 2. The summed E-state index contributed by atoms with van der Waals surface area (Å²) >= 11 is 3.14. The number of carbonyl (C=O) groups excluding carboxylic acids is 2. The van der Waals surface area contributed by atoms with Crippen molar-refractivity contribution in [2.75, 3.05) is 18.4 Å². The summed E-state index contributed by atoms with van der Waals surface area (Å²) in [5.41, 5.74) is 2.03. The molecule has 1 saturated heterocycles. The minimum absolute atomic E-state index is 0.0828. The predicted octanol–water partition coefficient (Wildman–Crippen LogP) is 7.57. The lowest BCUT2D eigenvalue weighted by Gasteiger charge is -2.31. The van der Waals surface area contributed by atoms with Crippen LogP contribution in [0.5, 0.6) is 0 Å². The molecule has 0 aliphatic carbocycles. The van der Waals surface area contributed by atoms with E-state index in [0.717, 1.165) is 31.2 Å². The van der Waals surface area contributed by atoms with Gasteiger partial charge in [0.25, 0.3) is 11.8 Å². The molecule has 0 unspecified atom stereocenters. The summed E-state index contributed by atoms with van der Waals surface area (Å²) in [4.78, 5) is 33.5. The van der Waals surface area contributed by atoms with Gasteiger partial charge in [-0.05, 0) is 48.4 Å². The second-order valence-electron chi connectivity index (χ2n) is 9.77. The van der Waals surface area contributed by atoms with Crippen LogP contribution >= 0.6 is 22.7 Å². The van der Waals surface area contributed by atoms with E-state index < -0.39 is 5.92 Å². The van der Waals surface area contributed by atoms with E-state index in [1.807, 2.05) is 22.4 Å². The van der Waals surface area contributed by atoms with Crippen LogP contribution in [-0.4, -0.2) is 34.8 Å². The van der Waals surface area contributed by atoms with Gasteiger partial charge in [0.15, 0.2) is 0 Å². The molecule has 4 aromatic rings. The van der Waals surface area contributed by atoms with E-state index in [9.17, 15) is 18.4 Å². The summed E-state index contributed by atoms with van der Waals surface area (Å²) in [6.07, 6.45) is 2.95. The highest BCUT2D eigenvalue weighted by atomic mass is 32.1. The molecule has 39 heavy (non-hydrogen) atoms. The first-order chi connectivity index (χ1) is 18.8. The zero-order valence-corrected chi connectivity index (χ0v) is 23.2. The molecule has 1 aliphatic heterocycles. The average Bonchev–Trinajstić information content (AvgIpc) is 3.65. The van der Waals surface area contributed by atoms with Crippen LogP contribution in [-0.2, 0) is 17.1 Å². The number of aryl methyl sites for hydroxylation is 1. The normalized spacial score (nSPS) is 14.4. The fraction of sp³-hybridized carbons (Fsp3) is 0.300. The van der Waals surface area contributed by atoms with Gasteiger partial charge in [0.1, 0.15) is 5.69 Å². The molecule has 1 aliphatic rings. The molecule has 0 saturated carbocycles. The molecule has 3 heterocycles. The van der Waals surface area contributed by atoms with Crippen LogP contribution in [0.4, 0.5) is 14.5 Å². The first kappa shape index (κ1) is 27.1. The fourth-order valence-corrected chi connectivity index (χ4v) is 6.47. The second kappa shape index (κ2) is 11.8. The van der Waals surface area contributed by atoms with E-state index in [4.69, 9.17) is 0 Å². The molecule has 2 amide bonds.